The number of hydrogen-bond donors (Lipinski definition) is 1. The first kappa shape index (κ1) is 14.3. The summed E-state index contributed by atoms with van der Waals surface area (Å²) in [5.74, 6) is 0.392. The summed E-state index contributed by atoms with van der Waals surface area (Å²) in [7, 11) is 4.17. The van der Waals surface area contributed by atoms with Gasteiger partial charge in [-0.3, -0.25) is 9.69 Å². The number of aliphatic hydroxyl groups excluding tert-OH is 1. The highest BCUT2D eigenvalue weighted by Gasteiger charge is 2.39. The summed E-state index contributed by atoms with van der Waals surface area (Å²) in [4.78, 5) is 15.7. The Morgan fingerprint density at radius 1 is 1.39 bits per heavy atom. The Balaban J connectivity index is 1.90. The molecular weight excluding hydrogens is 248 g/mol. The second-order valence-electron chi connectivity index (χ2n) is 5.78. The van der Waals surface area contributed by atoms with Gasteiger partial charge in [0.2, 0.25) is 0 Å². The first-order valence-electron chi connectivity index (χ1n) is 6.71. The third-order valence-electron chi connectivity index (χ3n) is 4.20. The molecule has 0 amide bonds. The van der Waals surface area contributed by atoms with E-state index in [2.05, 4.69) is 23.9 Å². The van der Waals surface area contributed by atoms with Crippen molar-refractivity contribution in [2.75, 3.05) is 33.7 Å². The molecule has 4 nitrogen and oxygen atoms in total. The van der Waals surface area contributed by atoms with Crippen LogP contribution in [-0.2, 0) is 4.79 Å². The summed E-state index contributed by atoms with van der Waals surface area (Å²) in [5.41, 5.74) is 0. The Kier molecular flexibility index (Phi) is 4.69. The fourth-order valence-electron chi connectivity index (χ4n) is 3.26. The van der Waals surface area contributed by atoms with Gasteiger partial charge >= 0.3 is 0 Å². The highest BCUT2D eigenvalue weighted by molar-refractivity contribution is 8.14. The molecule has 2 heterocycles. The summed E-state index contributed by atoms with van der Waals surface area (Å²) in [6.45, 7) is 4.62. The van der Waals surface area contributed by atoms with Crippen molar-refractivity contribution in [1.82, 2.24) is 9.80 Å². The van der Waals surface area contributed by atoms with Crippen LogP contribution in [0.4, 0.5) is 0 Å². The van der Waals surface area contributed by atoms with Crippen molar-refractivity contribution < 1.29 is 9.90 Å². The average Bonchev–Trinajstić information content (AvgIpc) is 2.83. The summed E-state index contributed by atoms with van der Waals surface area (Å²) in [6.07, 6.45) is 1.77. The van der Waals surface area contributed by atoms with Crippen LogP contribution in [-0.4, -0.2) is 71.1 Å². The molecule has 0 bridgehead atoms. The molecule has 1 N–H and O–H groups in total. The van der Waals surface area contributed by atoms with Crippen molar-refractivity contribution in [2.24, 2.45) is 5.92 Å². The Hall–Kier alpha value is -0.100. The Bertz CT molecular complexity index is 313. The van der Waals surface area contributed by atoms with E-state index >= 15 is 0 Å². The molecule has 0 aliphatic carbocycles. The minimum atomic E-state index is -0.252. The van der Waals surface area contributed by atoms with Gasteiger partial charge in [0.05, 0.1) is 6.10 Å². The van der Waals surface area contributed by atoms with Gasteiger partial charge in [0.15, 0.2) is 5.12 Å². The van der Waals surface area contributed by atoms with Crippen LogP contribution in [0.1, 0.15) is 19.8 Å². The van der Waals surface area contributed by atoms with E-state index in [9.17, 15) is 9.90 Å². The van der Waals surface area contributed by atoms with E-state index in [1.54, 1.807) is 6.92 Å². The van der Waals surface area contributed by atoms with Crippen LogP contribution in [0.2, 0.25) is 0 Å². The number of likely N-dealkylation sites (N-methyl/N-ethyl adjacent to an activating group) is 1. The average molecular weight is 272 g/mol. The molecule has 0 aromatic rings. The predicted octanol–water partition coefficient (Wildman–Crippen LogP) is 0.651. The fraction of sp³-hybridized carbons (Fsp3) is 0.923. The predicted molar refractivity (Wildman–Crippen MR) is 74.7 cm³/mol. The van der Waals surface area contributed by atoms with Gasteiger partial charge in [-0.2, -0.15) is 0 Å². The second kappa shape index (κ2) is 5.90. The molecule has 4 atom stereocenters. The van der Waals surface area contributed by atoms with E-state index < -0.39 is 0 Å². The zero-order valence-electron chi connectivity index (χ0n) is 11.5. The third kappa shape index (κ3) is 3.26. The summed E-state index contributed by atoms with van der Waals surface area (Å²) < 4.78 is 0. The lowest BCUT2D eigenvalue weighted by molar-refractivity contribution is -0.109. The normalized spacial score (nSPS) is 36.1. The van der Waals surface area contributed by atoms with Gasteiger partial charge in [0.1, 0.15) is 0 Å². The number of thioether (sulfide) groups is 1. The minimum absolute atomic E-state index is 0.184. The van der Waals surface area contributed by atoms with E-state index in [4.69, 9.17) is 0 Å². The fourth-order valence-corrected chi connectivity index (χ4v) is 4.34. The highest BCUT2D eigenvalue weighted by Crippen LogP contribution is 2.32. The van der Waals surface area contributed by atoms with E-state index in [1.165, 1.54) is 11.8 Å². The monoisotopic (exact) mass is 272 g/mol. The zero-order chi connectivity index (χ0) is 13.3. The van der Waals surface area contributed by atoms with Crippen molar-refractivity contribution in [2.45, 2.75) is 37.2 Å². The van der Waals surface area contributed by atoms with Gasteiger partial charge < -0.3 is 10.0 Å². The van der Waals surface area contributed by atoms with Crippen LogP contribution in [0.5, 0.6) is 0 Å². The van der Waals surface area contributed by atoms with Crippen LogP contribution >= 0.6 is 11.8 Å². The Morgan fingerprint density at radius 2 is 2.11 bits per heavy atom. The quantitative estimate of drug-likeness (QED) is 0.817. The van der Waals surface area contributed by atoms with Gasteiger partial charge in [0.25, 0.3) is 0 Å². The van der Waals surface area contributed by atoms with Crippen molar-refractivity contribution in [3.8, 4) is 0 Å². The molecule has 2 rings (SSSR count). The van der Waals surface area contributed by atoms with Crippen molar-refractivity contribution in [1.29, 1.82) is 0 Å². The minimum Gasteiger partial charge on any atom is -0.391 e. The molecule has 5 heteroatoms. The SMILES string of the molecule is CC(=O)SC1C[C@@H](C(O)C2CCN(C)C2)N(C)C1. The molecule has 0 spiro atoms. The molecule has 104 valence electrons. The lowest BCUT2D eigenvalue weighted by Gasteiger charge is -2.29. The summed E-state index contributed by atoms with van der Waals surface area (Å²) >= 11 is 1.43. The largest absolute Gasteiger partial charge is 0.391 e. The van der Waals surface area contributed by atoms with Gasteiger partial charge in [-0.15, -0.1) is 0 Å². The molecule has 2 saturated heterocycles. The highest BCUT2D eigenvalue weighted by atomic mass is 32.2. The maximum Gasteiger partial charge on any atom is 0.186 e. The first-order chi connectivity index (χ1) is 8.47. The number of rotatable bonds is 3. The van der Waals surface area contributed by atoms with Crippen LogP contribution in [0.25, 0.3) is 0 Å². The number of aliphatic hydroxyl groups is 1. The van der Waals surface area contributed by atoms with E-state index in [-0.39, 0.29) is 17.3 Å². The maximum absolute atomic E-state index is 11.2. The van der Waals surface area contributed by atoms with E-state index in [0.717, 1.165) is 32.5 Å². The van der Waals surface area contributed by atoms with Gasteiger partial charge in [-0.25, -0.2) is 0 Å². The lowest BCUT2D eigenvalue weighted by Crippen LogP contribution is -2.41. The number of hydrogen-bond acceptors (Lipinski definition) is 5. The van der Waals surface area contributed by atoms with E-state index in [0.29, 0.717) is 11.2 Å². The third-order valence-corrected chi connectivity index (χ3v) is 5.21. The second-order valence-corrected chi connectivity index (χ2v) is 7.25. The summed E-state index contributed by atoms with van der Waals surface area (Å²) in [5, 5.41) is 11.1. The van der Waals surface area contributed by atoms with Crippen LogP contribution in [0, 0.1) is 5.92 Å². The molecule has 0 aromatic carbocycles. The topological polar surface area (TPSA) is 43.8 Å². The van der Waals surface area contributed by atoms with Crippen LogP contribution in [0.3, 0.4) is 0 Å². The van der Waals surface area contributed by atoms with Gasteiger partial charge in [-0.05, 0) is 33.5 Å². The van der Waals surface area contributed by atoms with Gasteiger partial charge in [0, 0.05) is 37.2 Å². The molecular formula is C13H24N2O2S. The summed E-state index contributed by atoms with van der Waals surface area (Å²) in [6, 6.07) is 0.221. The molecule has 2 aliphatic heterocycles. The molecule has 0 aromatic heterocycles. The standard InChI is InChI=1S/C13H24N2O2S/c1-9(16)18-11-6-12(15(3)8-11)13(17)10-4-5-14(2)7-10/h10-13,17H,4-8H2,1-3H3/t10?,11?,12-,13?/m0/s1. The molecule has 2 aliphatic rings. The first-order valence-corrected chi connectivity index (χ1v) is 7.59. The smallest absolute Gasteiger partial charge is 0.186 e. The molecule has 0 radical (unpaired) electrons. The molecule has 0 saturated carbocycles. The number of likely N-dealkylation sites (tertiary alicyclic amines) is 2. The van der Waals surface area contributed by atoms with Crippen molar-refractivity contribution >= 4 is 16.9 Å². The molecule has 2 fully saturated rings. The zero-order valence-corrected chi connectivity index (χ0v) is 12.3. The Labute approximate surface area is 114 Å². The van der Waals surface area contributed by atoms with Crippen LogP contribution < -0.4 is 0 Å². The number of nitrogens with zero attached hydrogens (tertiary/aromatic N) is 2. The van der Waals surface area contributed by atoms with E-state index in [1.807, 2.05) is 0 Å². The number of carbonyl (C=O) groups is 1. The van der Waals surface area contributed by atoms with Gasteiger partial charge in [-0.1, -0.05) is 11.8 Å². The number of carbonyl (C=O) groups excluding carboxylic acids is 1. The molecule has 18 heavy (non-hydrogen) atoms. The molecule has 3 unspecified atom stereocenters. The van der Waals surface area contributed by atoms with Crippen molar-refractivity contribution in [3.05, 3.63) is 0 Å². The maximum atomic E-state index is 11.2. The van der Waals surface area contributed by atoms with Crippen LogP contribution in [0.15, 0.2) is 0 Å². The lowest BCUT2D eigenvalue weighted by atomic mass is 9.94. The Morgan fingerprint density at radius 3 is 2.67 bits per heavy atom. The van der Waals surface area contributed by atoms with Crippen molar-refractivity contribution in [3.63, 3.8) is 0 Å².